The topological polar surface area (TPSA) is 111 Å². The zero-order valence-corrected chi connectivity index (χ0v) is 16.9. The predicted molar refractivity (Wildman–Crippen MR) is 102 cm³/mol. The number of amides is 3. The summed E-state index contributed by atoms with van der Waals surface area (Å²) in [6.07, 6.45) is 3.63. The molecule has 28 heavy (non-hydrogen) atoms. The Bertz CT molecular complexity index is 665. The van der Waals surface area contributed by atoms with Crippen molar-refractivity contribution in [2.24, 2.45) is 17.1 Å². The first-order valence-electron chi connectivity index (χ1n) is 9.90. The second kappa shape index (κ2) is 7.39. The highest BCUT2D eigenvalue weighted by molar-refractivity contribution is 5.93. The number of hydrogen-bond donors (Lipinski definition) is 2. The maximum Gasteiger partial charge on any atom is 0.408 e. The first kappa shape index (κ1) is 20.6. The van der Waals surface area contributed by atoms with E-state index < -0.39 is 35.1 Å². The van der Waals surface area contributed by atoms with Gasteiger partial charge in [0.25, 0.3) is 0 Å². The van der Waals surface area contributed by atoms with Gasteiger partial charge in [-0.15, -0.1) is 6.58 Å². The van der Waals surface area contributed by atoms with Crippen molar-refractivity contribution in [3.05, 3.63) is 12.7 Å². The number of likely N-dealkylation sites (tertiary alicyclic amines) is 1. The molecule has 1 unspecified atom stereocenters. The van der Waals surface area contributed by atoms with Crippen LogP contribution in [0.25, 0.3) is 0 Å². The van der Waals surface area contributed by atoms with Crippen molar-refractivity contribution < 1.29 is 23.9 Å². The van der Waals surface area contributed by atoms with Crippen molar-refractivity contribution in [1.29, 1.82) is 0 Å². The van der Waals surface area contributed by atoms with Crippen LogP contribution in [0.3, 0.4) is 0 Å². The quantitative estimate of drug-likeness (QED) is 0.685. The van der Waals surface area contributed by atoms with Gasteiger partial charge in [-0.05, 0) is 52.4 Å². The first-order chi connectivity index (χ1) is 13.1. The summed E-state index contributed by atoms with van der Waals surface area (Å²) in [6, 6.07) is -1.49. The molecule has 2 aliphatic heterocycles. The summed E-state index contributed by atoms with van der Waals surface area (Å²) >= 11 is 0. The van der Waals surface area contributed by atoms with Gasteiger partial charge in [-0.1, -0.05) is 6.08 Å². The second-order valence-electron chi connectivity index (χ2n) is 9.09. The third kappa shape index (κ3) is 4.01. The van der Waals surface area contributed by atoms with E-state index in [1.54, 1.807) is 31.7 Å². The molecule has 0 aromatic carbocycles. The molecule has 3 amide bonds. The Kier molecular flexibility index (Phi) is 5.44. The minimum absolute atomic E-state index is 0.0228. The highest BCUT2D eigenvalue weighted by Crippen LogP contribution is 2.49. The SMILES string of the molecule is C=CC1(C(NC(=O)OC(C)(C)C)C(=O)N2[C@H](C(N)=O)C[C@@H]3C[C@@H]32)CCOCC1. The molecule has 0 aromatic heterocycles. The van der Waals surface area contributed by atoms with Gasteiger partial charge in [0.05, 0.1) is 0 Å². The fourth-order valence-electron chi connectivity index (χ4n) is 4.42. The van der Waals surface area contributed by atoms with E-state index in [0.717, 1.165) is 6.42 Å². The molecule has 3 N–H and O–H groups in total. The van der Waals surface area contributed by atoms with E-state index in [-0.39, 0.29) is 11.9 Å². The van der Waals surface area contributed by atoms with E-state index in [1.165, 1.54) is 0 Å². The molecule has 2 heterocycles. The van der Waals surface area contributed by atoms with Gasteiger partial charge in [0.15, 0.2) is 0 Å². The van der Waals surface area contributed by atoms with Crippen LogP contribution in [0, 0.1) is 11.3 Å². The first-order valence-corrected chi connectivity index (χ1v) is 9.90. The van der Waals surface area contributed by atoms with Crippen molar-refractivity contribution in [2.45, 2.75) is 70.2 Å². The van der Waals surface area contributed by atoms with Gasteiger partial charge in [0.1, 0.15) is 17.7 Å². The van der Waals surface area contributed by atoms with Crippen molar-refractivity contribution >= 4 is 17.9 Å². The Morgan fingerprint density at radius 1 is 1.29 bits per heavy atom. The maximum atomic E-state index is 13.6. The number of hydrogen-bond acceptors (Lipinski definition) is 5. The molecule has 3 aliphatic rings. The van der Waals surface area contributed by atoms with Crippen LogP contribution in [0.1, 0.15) is 46.5 Å². The minimum Gasteiger partial charge on any atom is -0.444 e. The van der Waals surface area contributed by atoms with Crippen LogP contribution in [0.2, 0.25) is 0 Å². The summed E-state index contributed by atoms with van der Waals surface area (Å²) in [4.78, 5) is 39.7. The van der Waals surface area contributed by atoms with Crippen LogP contribution >= 0.6 is 0 Å². The lowest BCUT2D eigenvalue weighted by Gasteiger charge is -2.43. The molecular weight excluding hydrogens is 362 g/mol. The highest BCUT2D eigenvalue weighted by Gasteiger charge is 2.58. The molecule has 0 aromatic rings. The Labute approximate surface area is 165 Å². The van der Waals surface area contributed by atoms with Gasteiger partial charge < -0.3 is 25.4 Å². The highest BCUT2D eigenvalue weighted by atomic mass is 16.6. The molecule has 4 atom stereocenters. The number of nitrogens with zero attached hydrogens (tertiary/aromatic N) is 1. The maximum absolute atomic E-state index is 13.6. The molecule has 156 valence electrons. The molecule has 2 saturated heterocycles. The van der Waals surface area contributed by atoms with Crippen LogP contribution in [0.15, 0.2) is 12.7 Å². The number of ether oxygens (including phenoxy) is 2. The van der Waals surface area contributed by atoms with Crippen LogP contribution in [0.5, 0.6) is 0 Å². The molecule has 8 nitrogen and oxygen atoms in total. The molecule has 8 heteroatoms. The monoisotopic (exact) mass is 393 g/mol. The molecule has 0 radical (unpaired) electrons. The Morgan fingerprint density at radius 2 is 1.93 bits per heavy atom. The van der Waals surface area contributed by atoms with E-state index >= 15 is 0 Å². The largest absolute Gasteiger partial charge is 0.444 e. The molecule has 3 rings (SSSR count). The Hall–Kier alpha value is -2.09. The number of carbonyl (C=O) groups is 3. The summed E-state index contributed by atoms with van der Waals surface area (Å²) < 4.78 is 10.9. The number of primary amides is 1. The van der Waals surface area contributed by atoms with Crippen molar-refractivity contribution in [3.8, 4) is 0 Å². The normalized spacial score (nSPS) is 29.4. The second-order valence-corrected chi connectivity index (χ2v) is 9.09. The van der Waals surface area contributed by atoms with Gasteiger partial charge in [-0.25, -0.2) is 4.79 Å². The van der Waals surface area contributed by atoms with Crippen LogP contribution in [-0.2, 0) is 19.1 Å². The Balaban J connectivity index is 1.89. The van der Waals surface area contributed by atoms with E-state index in [4.69, 9.17) is 15.2 Å². The van der Waals surface area contributed by atoms with Crippen LogP contribution < -0.4 is 11.1 Å². The molecular formula is C20H31N3O5. The van der Waals surface area contributed by atoms with E-state index in [2.05, 4.69) is 11.9 Å². The molecule has 0 bridgehead atoms. The van der Waals surface area contributed by atoms with Gasteiger partial charge in [-0.3, -0.25) is 9.59 Å². The average molecular weight is 393 g/mol. The number of piperidine rings is 1. The fraction of sp³-hybridized carbons (Fsp3) is 0.750. The van der Waals surface area contributed by atoms with E-state index in [9.17, 15) is 14.4 Å². The zero-order chi connectivity index (χ0) is 20.7. The van der Waals surface area contributed by atoms with E-state index in [1.807, 2.05) is 0 Å². The third-order valence-electron chi connectivity index (χ3n) is 6.00. The van der Waals surface area contributed by atoms with Crippen molar-refractivity contribution in [2.75, 3.05) is 13.2 Å². The standard InChI is InChI=1S/C20H31N3O5/c1-5-20(6-8-27-9-7-20)15(22-18(26)28-19(2,3)4)17(25)23-13-10-12(13)11-14(23)16(21)24/h5,12-15H,1,6-11H2,2-4H3,(H2,21,24)(H,22,26)/t12-,13-,14-,15?/m0/s1. The van der Waals surface area contributed by atoms with Gasteiger partial charge in [-0.2, -0.15) is 0 Å². The number of carbonyl (C=O) groups excluding carboxylic acids is 3. The van der Waals surface area contributed by atoms with Gasteiger partial charge in [0, 0.05) is 24.7 Å². The van der Waals surface area contributed by atoms with E-state index in [0.29, 0.717) is 38.4 Å². The number of rotatable bonds is 5. The summed E-state index contributed by atoms with van der Waals surface area (Å²) in [5.74, 6) is -0.476. The smallest absolute Gasteiger partial charge is 0.408 e. The number of alkyl carbamates (subject to hydrolysis) is 1. The molecule has 1 saturated carbocycles. The number of fused-ring (bicyclic) bond motifs is 1. The lowest BCUT2D eigenvalue weighted by Crippen LogP contribution is -2.61. The van der Waals surface area contributed by atoms with Crippen LogP contribution in [0.4, 0.5) is 4.79 Å². The minimum atomic E-state index is -0.884. The van der Waals surface area contributed by atoms with Gasteiger partial charge >= 0.3 is 6.09 Å². The summed E-state index contributed by atoms with van der Waals surface area (Å²) in [5, 5.41) is 2.78. The lowest BCUT2D eigenvalue weighted by molar-refractivity contribution is -0.143. The van der Waals surface area contributed by atoms with Crippen molar-refractivity contribution in [1.82, 2.24) is 10.2 Å². The number of nitrogens with one attached hydrogen (secondary N) is 1. The molecule has 0 spiro atoms. The zero-order valence-electron chi connectivity index (χ0n) is 16.9. The summed E-state index contributed by atoms with van der Waals surface area (Å²) in [5.41, 5.74) is 4.19. The van der Waals surface area contributed by atoms with Crippen LogP contribution in [-0.4, -0.2) is 59.7 Å². The van der Waals surface area contributed by atoms with Gasteiger partial charge in [0.2, 0.25) is 11.8 Å². The average Bonchev–Trinajstić information content (AvgIpc) is 3.28. The molecule has 3 fully saturated rings. The predicted octanol–water partition coefficient (Wildman–Crippen LogP) is 1.34. The molecule has 1 aliphatic carbocycles. The lowest BCUT2D eigenvalue weighted by atomic mass is 9.73. The summed E-state index contributed by atoms with van der Waals surface area (Å²) in [6.45, 7) is 10.2. The van der Waals surface area contributed by atoms with Crippen molar-refractivity contribution in [3.63, 3.8) is 0 Å². The third-order valence-corrected chi connectivity index (χ3v) is 6.00. The Morgan fingerprint density at radius 3 is 2.46 bits per heavy atom. The fourth-order valence-corrected chi connectivity index (χ4v) is 4.42. The number of nitrogens with two attached hydrogens (primary N) is 1. The summed E-state index contributed by atoms with van der Waals surface area (Å²) in [7, 11) is 0.